The Bertz CT molecular complexity index is 1620. The Labute approximate surface area is 252 Å². The van der Waals surface area contributed by atoms with Gasteiger partial charge in [0.2, 0.25) is 0 Å². The van der Waals surface area contributed by atoms with Crippen molar-refractivity contribution in [2.75, 3.05) is 18.9 Å². The number of carbonyl (C=O) groups is 1. The third-order valence-electron chi connectivity index (χ3n) is 6.95. The number of anilines is 1. The summed E-state index contributed by atoms with van der Waals surface area (Å²) >= 11 is 0. The van der Waals surface area contributed by atoms with Gasteiger partial charge in [-0.1, -0.05) is 43.3 Å². The van der Waals surface area contributed by atoms with Crippen molar-refractivity contribution in [1.82, 2.24) is 19.6 Å². The lowest BCUT2D eigenvalue weighted by atomic mass is 9.98. The van der Waals surface area contributed by atoms with Gasteiger partial charge in [0, 0.05) is 12.0 Å². The summed E-state index contributed by atoms with van der Waals surface area (Å²) in [5.74, 6) is 0.669. The summed E-state index contributed by atoms with van der Waals surface area (Å²) in [7, 11) is -4.14. The van der Waals surface area contributed by atoms with Gasteiger partial charge in [0.1, 0.15) is 35.3 Å². The van der Waals surface area contributed by atoms with Crippen LogP contribution < -0.4 is 15.3 Å². The molecule has 4 aromatic rings. The molecule has 2 aromatic heterocycles. The van der Waals surface area contributed by atoms with Crippen LogP contribution in [0.5, 0.6) is 5.75 Å². The fourth-order valence-electron chi connectivity index (χ4n) is 4.66. The fourth-order valence-corrected chi connectivity index (χ4v) is 6.27. The molecule has 4 rings (SSSR count). The monoisotopic (exact) mass is 611 g/mol. The SMILES string of the molecule is CCOCc1nc2c(N)nc3ccccc3c2n1C(C)(CC)COP(=O)(N[C@@H](C)C(=O)OC(C)(C)C)Oc1ccccc1. The number of nitrogen functional groups attached to an aromatic ring is 1. The zero-order chi connectivity index (χ0) is 31.4. The van der Waals surface area contributed by atoms with Gasteiger partial charge in [-0.25, -0.2) is 14.5 Å². The van der Waals surface area contributed by atoms with Crippen molar-refractivity contribution in [1.29, 1.82) is 0 Å². The molecule has 43 heavy (non-hydrogen) atoms. The van der Waals surface area contributed by atoms with Gasteiger partial charge in [-0.3, -0.25) is 9.32 Å². The van der Waals surface area contributed by atoms with Gasteiger partial charge in [-0.05, 0) is 66.2 Å². The van der Waals surface area contributed by atoms with Gasteiger partial charge < -0.3 is 24.3 Å². The van der Waals surface area contributed by atoms with Crippen LogP contribution in [-0.4, -0.2) is 45.4 Å². The van der Waals surface area contributed by atoms with E-state index in [4.69, 9.17) is 29.2 Å². The number of para-hydroxylation sites is 2. The zero-order valence-corrected chi connectivity index (χ0v) is 26.8. The highest BCUT2D eigenvalue weighted by atomic mass is 31.2. The highest BCUT2D eigenvalue weighted by Crippen LogP contribution is 2.47. The van der Waals surface area contributed by atoms with Crippen LogP contribution in [0.25, 0.3) is 21.9 Å². The summed E-state index contributed by atoms with van der Waals surface area (Å²) in [6.45, 7) is 13.4. The molecule has 0 aliphatic carbocycles. The molecule has 0 saturated carbocycles. The van der Waals surface area contributed by atoms with Crippen molar-refractivity contribution in [2.45, 2.75) is 78.7 Å². The number of rotatable bonds is 13. The van der Waals surface area contributed by atoms with Gasteiger partial charge >= 0.3 is 13.7 Å². The van der Waals surface area contributed by atoms with Crippen LogP contribution >= 0.6 is 7.75 Å². The minimum atomic E-state index is -4.14. The van der Waals surface area contributed by atoms with Crippen molar-refractivity contribution < 1.29 is 27.9 Å². The van der Waals surface area contributed by atoms with Crippen LogP contribution in [0, 0.1) is 0 Å². The Morgan fingerprint density at radius 3 is 2.37 bits per heavy atom. The largest absolute Gasteiger partial charge is 0.459 e. The normalized spacial score (nSPS) is 15.6. The summed E-state index contributed by atoms with van der Waals surface area (Å²) in [5.41, 5.74) is 6.92. The van der Waals surface area contributed by atoms with E-state index in [1.54, 1.807) is 52.0 Å². The van der Waals surface area contributed by atoms with E-state index in [1.807, 2.05) is 55.7 Å². The van der Waals surface area contributed by atoms with Gasteiger partial charge in [-0.15, -0.1) is 0 Å². The number of nitrogens with two attached hydrogens (primary N) is 1. The molecule has 11 nitrogen and oxygen atoms in total. The Morgan fingerprint density at radius 2 is 1.72 bits per heavy atom. The average molecular weight is 612 g/mol. The smallest absolute Gasteiger partial charge is 0.459 e. The summed E-state index contributed by atoms with van der Waals surface area (Å²) < 4.78 is 39.8. The number of nitrogens with one attached hydrogen (secondary N) is 1. The van der Waals surface area contributed by atoms with E-state index in [9.17, 15) is 9.36 Å². The molecule has 2 heterocycles. The van der Waals surface area contributed by atoms with E-state index in [1.165, 1.54) is 0 Å². The topological polar surface area (TPSA) is 140 Å². The first kappa shape index (κ1) is 32.4. The molecule has 0 saturated heterocycles. The Balaban J connectivity index is 1.77. The quantitative estimate of drug-likeness (QED) is 0.130. The first-order valence-electron chi connectivity index (χ1n) is 14.4. The Hall–Kier alpha value is -3.50. The number of benzene rings is 2. The molecule has 3 N–H and O–H groups in total. The van der Waals surface area contributed by atoms with Crippen molar-refractivity contribution in [3.05, 3.63) is 60.4 Å². The predicted molar refractivity (Wildman–Crippen MR) is 168 cm³/mol. The molecule has 0 fully saturated rings. The first-order valence-corrected chi connectivity index (χ1v) is 16.0. The summed E-state index contributed by atoms with van der Waals surface area (Å²) in [6.07, 6.45) is 0.557. The molecule has 0 aliphatic heterocycles. The number of ether oxygens (including phenoxy) is 2. The van der Waals surface area contributed by atoms with Gasteiger partial charge in [0.15, 0.2) is 5.82 Å². The number of pyridine rings is 1. The second-order valence-electron chi connectivity index (χ2n) is 11.6. The molecule has 232 valence electrons. The lowest BCUT2D eigenvalue weighted by Crippen LogP contribution is -2.40. The molecule has 0 bridgehead atoms. The van der Waals surface area contributed by atoms with E-state index < -0.39 is 30.9 Å². The molecule has 0 spiro atoms. The first-order chi connectivity index (χ1) is 20.3. The molecule has 0 radical (unpaired) electrons. The Morgan fingerprint density at radius 1 is 1.05 bits per heavy atom. The van der Waals surface area contributed by atoms with E-state index in [0.29, 0.717) is 35.9 Å². The number of fused-ring (bicyclic) bond motifs is 3. The van der Waals surface area contributed by atoms with Gasteiger partial charge in [-0.2, -0.15) is 5.09 Å². The van der Waals surface area contributed by atoms with Crippen LogP contribution in [0.2, 0.25) is 0 Å². The third kappa shape index (κ3) is 7.54. The molecular weight excluding hydrogens is 569 g/mol. The minimum Gasteiger partial charge on any atom is -0.459 e. The maximum Gasteiger partial charge on any atom is 0.459 e. The van der Waals surface area contributed by atoms with Crippen LogP contribution in [0.15, 0.2) is 54.6 Å². The summed E-state index contributed by atoms with van der Waals surface area (Å²) in [6, 6.07) is 15.4. The second-order valence-corrected chi connectivity index (χ2v) is 13.3. The van der Waals surface area contributed by atoms with E-state index in [2.05, 4.69) is 10.1 Å². The average Bonchev–Trinajstić information content (AvgIpc) is 3.36. The number of aromatic nitrogens is 3. The van der Waals surface area contributed by atoms with Crippen molar-refractivity contribution >= 4 is 41.5 Å². The molecule has 2 aromatic carbocycles. The van der Waals surface area contributed by atoms with Crippen LogP contribution in [-0.2, 0) is 35.5 Å². The Kier molecular flexibility index (Phi) is 9.81. The highest BCUT2D eigenvalue weighted by molar-refractivity contribution is 7.52. The lowest BCUT2D eigenvalue weighted by molar-refractivity contribution is -0.156. The predicted octanol–water partition coefficient (Wildman–Crippen LogP) is 6.35. The molecule has 2 unspecified atom stereocenters. The summed E-state index contributed by atoms with van der Waals surface area (Å²) in [4.78, 5) is 22.2. The molecule has 3 atom stereocenters. The van der Waals surface area contributed by atoms with Crippen molar-refractivity contribution in [2.24, 2.45) is 0 Å². The maximum absolute atomic E-state index is 14.3. The van der Waals surface area contributed by atoms with Gasteiger partial charge in [0.25, 0.3) is 0 Å². The van der Waals surface area contributed by atoms with E-state index in [-0.39, 0.29) is 13.2 Å². The molecular formula is C31H42N5O6P. The molecule has 0 aliphatic rings. The fraction of sp³-hybridized carbons (Fsp3) is 0.452. The number of esters is 1. The summed E-state index contributed by atoms with van der Waals surface area (Å²) in [5, 5.41) is 3.65. The van der Waals surface area contributed by atoms with Crippen LogP contribution in [0.4, 0.5) is 5.82 Å². The van der Waals surface area contributed by atoms with E-state index in [0.717, 1.165) is 16.4 Å². The van der Waals surface area contributed by atoms with Crippen molar-refractivity contribution in [3.8, 4) is 5.75 Å². The number of hydrogen-bond acceptors (Lipinski definition) is 9. The van der Waals surface area contributed by atoms with Gasteiger partial charge in [0.05, 0.1) is 23.2 Å². The molecule has 0 amide bonds. The standard InChI is InChI=1S/C31H42N5O6P/c1-8-31(7,36-25(19-39-9-2)34-26-27(36)23-17-13-14-18-24(23)33-28(26)32)20-40-43(38,42-22-15-11-10-12-16-22)35-21(3)29(37)41-30(4,5)6/h10-18,21H,8-9,19-20H2,1-7H3,(H2,32,33)(H,35,38)/t21-,31?,43?/m0/s1. The van der Waals surface area contributed by atoms with Crippen molar-refractivity contribution in [3.63, 3.8) is 0 Å². The maximum atomic E-state index is 14.3. The number of imidazole rings is 1. The second kappa shape index (κ2) is 13.0. The lowest BCUT2D eigenvalue weighted by Gasteiger charge is -2.34. The number of hydrogen-bond donors (Lipinski definition) is 2. The number of nitrogens with zero attached hydrogens (tertiary/aromatic N) is 3. The van der Waals surface area contributed by atoms with Crippen LogP contribution in [0.1, 0.15) is 60.7 Å². The van der Waals surface area contributed by atoms with E-state index >= 15 is 0 Å². The van der Waals surface area contributed by atoms with Crippen LogP contribution in [0.3, 0.4) is 0 Å². The highest BCUT2D eigenvalue weighted by Gasteiger charge is 2.38. The third-order valence-corrected chi connectivity index (χ3v) is 8.58. The number of carbonyl (C=O) groups excluding carboxylic acids is 1. The minimum absolute atomic E-state index is 0.0667. The molecule has 12 heteroatoms. The zero-order valence-electron chi connectivity index (χ0n) is 25.9.